The van der Waals surface area contributed by atoms with Crippen LogP contribution in [0, 0.1) is 6.92 Å². The van der Waals surface area contributed by atoms with Crippen molar-refractivity contribution < 1.29 is 0 Å². The van der Waals surface area contributed by atoms with Gasteiger partial charge in [0.2, 0.25) is 0 Å². The predicted molar refractivity (Wildman–Crippen MR) is 76.0 cm³/mol. The average Bonchev–Trinajstić information content (AvgIpc) is 2.41. The van der Waals surface area contributed by atoms with Crippen molar-refractivity contribution in [2.75, 3.05) is 36.8 Å². The number of nitrogens with zero attached hydrogens (tertiary/aromatic N) is 2. The fourth-order valence-corrected chi connectivity index (χ4v) is 2.48. The fraction of sp³-hybridized carbons (Fsp3) is 0.357. The minimum atomic E-state index is 0.757. The van der Waals surface area contributed by atoms with Crippen LogP contribution in [0.2, 0.25) is 0 Å². The summed E-state index contributed by atoms with van der Waals surface area (Å²) in [6.45, 7) is 6.16. The first-order chi connectivity index (χ1) is 8.75. The maximum Gasteiger partial charge on any atom is 0.129 e. The van der Waals surface area contributed by atoms with Crippen LogP contribution in [0.15, 0.2) is 24.3 Å². The molecule has 0 amide bonds. The number of rotatable bonds is 1. The summed E-state index contributed by atoms with van der Waals surface area (Å²) in [5, 5.41) is 4.50. The second-order valence-electron chi connectivity index (χ2n) is 4.78. The zero-order chi connectivity index (χ0) is 12.5. The molecule has 1 aliphatic rings. The van der Waals surface area contributed by atoms with Gasteiger partial charge in [-0.15, -0.1) is 0 Å². The van der Waals surface area contributed by atoms with E-state index >= 15 is 0 Å². The van der Waals surface area contributed by atoms with Crippen LogP contribution in [0.3, 0.4) is 0 Å². The number of hydrogen-bond donors (Lipinski definition) is 2. The topological polar surface area (TPSA) is 54.2 Å². The molecule has 0 unspecified atom stereocenters. The lowest BCUT2D eigenvalue weighted by molar-refractivity contribution is 0.585. The van der Waals surface area contributed by atoms with E-state index in [1.54, 1.807) is 0 Å². The Bertz CT molecular complexity index is 573. The minimum Gasteiger partial charge on any atom is -0.397 e. The lowest BCUT2D eigenvalue weighted by atomic mass is 10.1. The second kappa shape index (κ2) is 4.46. The number of para-hydroxylation sites is 1. The number of hydrogen-bond acceptors (Lipinski definition) is 4. The van der Waals surface area contributed by atoms with Crippen LogP contribution in [0.5, 0.6) is 0 Å². The summed E-state index contributed by atoms with van der Waals surface area (Å²) in [5.74, 6) is 1.04. The summed E-state index contributed by atoms with van der Waals surface area (Å²) in [4.78, 5) is 7.05. The molecule has 0 saturated carbocycles. The van der Waals surface area contributed by atoms with Crippen molar-refractivity contribution in [1.29, 1.82) is 0 Å². The second-order valence-corrected chi connectivity index (χ2v) is 4.78. The van der Waals surface area contributed by atoms with E-state index in [4.69, 9.17) is 10.7 Å². The van der Waals surface area contributed by atoms with E-state index in [0.717, 1.165) is 48.6 Å². The summed E-state index contributed by atoms with van der Waals surface area (Å²) in [7, 11) is 0. The Labute approximate surface area is 107 Å². The van der Waals surface area contributed by atoms with E-state index in [-0.39, 0.29) is 0 Å². The first-order valence-corrected chi connectivity index (χ1v) is 6.37. The van der Waals surface area contributed by atoms with Gasteiger partial charge in [0.25, 0.3) is 0 Å². The molecule has 4 heteroatoms. The molecule has 4 nitrogen and oxygen atoms in total. The molecule has 1 saturated heterocycles. The summed E-state index contributed by atoms with van der Waals surface area (Å²) >= 11 is 0. The number of nitrogens with one attached hydrogen (secondary N) is 1. The average molecular weight is 242 g/mol. The van der Waals surface area contributed by atoms with Gasteiger partial charge in [-0.05, 0) is 24.6 Å². The molecule has 0 radical (unpaired) electrons. The Hall–Kier alpha value is -1.81. The van der Waals surface area contributed by atoms with Crippen molar-refractivity contribution in [3.05, 3.63) is 29.8 Å². The maximum absolute atomic E-state index is 6.03. The first kappa shape index (κ1) is 11.3. The summed E-state index contributed by atoms with van der Waals surface area (Å²) in [5.41, 5.74) is 8.95. The summed E-state index contributed by atoms with van der Waals surface area (Å²) in [6.07, 6.45) is 0. The number of fused-ring (bicyclic) bond motifs is 1. The van der Waals surface area contributed by atoms with Crippen LogP contribution in [0.4, 0.5) is 11.5 Å². The van der Waals surface area contributed by atoms with Crippen LogP contribution in [-0.4, -0.2) is 31.2 Å². The molecular formula is C14H18N4. The third-order valence-electron chi connectivity index (χ3n) is 3.51. The number of piperazine rings is 1. The fourth-order valence-electron chi connectivity index (χ4n) is 2.48. The Kier molecular flexibility index (Phi) is 2.80. The lowest BCUT2D eigenvalue weighted by Crippen LogP contribution is -2.43. The van der Waals surface area contributed by atoms with Crippen molar-refractivity contribution in [2.45, 2.75) is 6.92 Å². The number of anilines is 2. The van der Waals surface area contributed by atoms with Crippen molar-refractivity contribution in [1.82, 2.24) is 10.3 Å². The summed E-state index contributed by atoms with van der Waals surface area (Å²) in [6, 6.07) is 8.13. The molecule has 94 valence electrons. The third kappa shape index (κ3) is 1.88. The molecular weight excluding hydrogens is 224 g/mol. The molecule has 0 aliphatic carbocycles. The van der Waals surface area contributed by atoms with Gasteiger partial charge in [0.1, 0.15) is 5.82 Å². The molecule has 0 atom stereocenters. The van der Waals surface area contributed by atoms with E-state index in [2.05, 4.69) is 29.3 Å². The van der Waals surface area contributed by atoms with Crippen LogP contribution >= 0.6 is 0 Å². The Morgan fingerprint density at radius 3 is 2.83 bits per heavy atom. The zero-order valence-electron chi connectivity index (χ0n) is 10.6. The molecule has 0 spiro atoms. The highest BCUT2D eigenvalue weighted by molar-refractivity contribution is 5.92. The van der Waals surface area contributed by atoms with Gasteiger partial charge < -0.3 is 16.0 Å². The number of aromatic nitrogens is 1. The highest BCUT2D eigenvalue weighted by atomic mass is 15.2. The zero-order valence-corrected chi connectivity index (χ0v) is 10.6. The van der Waals surface area contributed by atoms with Crippen molar-refractivity contribution in [2.24, 2.45) is 0 Å². The number of nitrogen functional groups attached to an aromatic ring is 1. The van der Waals surface area contributed by atoms with E-state index in [1.807, 2.05) is 12.1 Å². The van der Waals surface area contributed by atoms with Crippen molar-refractivity contribution in [3.63, 3.8) is 0 Å². The van der Waals surface area contributed by atoms with E-state index in [0.29, 0.717) is 0 Å². The molecule has 1 fully saturated rings. The van der Waals surface area contributed by atoms with Gasteiger partial charge >= 0.3 is 0 Å². The largest absolute Gasteiger partial charge is 0.397 e. The van der Waals surface area contributed by atoms with Gasteiger partial charge in [0.15, 0.2) is 0 Å². The van der Waals surface area contributed by atoms with Gasteiger partial charge in [-0.3, -0.25) is 0 Å². The lowest BCUT2D eigenvalue weighted by Gasteiger charge is -2.29. The van der Waals surface area contributed by atoms with Crippen molar-refractivity contribution in [3.8, 4) is 0 Å². The molecule has 3 rings (SSSR count). The van der Waals surface area contributed by atoms with Crippen LogP contribution in [-0.2, 0) is 0 Å². The van der Waals surface area contributed by atoms with E-state index < -0.39 is 0 Å². The van der Waals surface area contributed by atoms with Gasteiger partial charge in [-0.1, -0.05) is 12.1 Å². The van der Waals surface area contributed by atoms with E-state index in [1.165, 1.54) is 5.56 Å². The van der Waals surface area contributed by atoms with Gasteiger partial charge in [-0.2, -0.15) is 0 Å². The van der Waals surface area contributed by atoms with Crippen LogP contribution in [0.25, 0.3) is 10.9 Å². The summed E-state index contributed by atoms with van der Waals surface area (Å²) < 4.78 is 0. The maximum atomic E-state index is 6.03. The highest BCUT2D eigenvalue weighted by Crippen LogP contribution is 2.26. The molecule has 1 aromatic heterocycles. The van der Waals surface area contributed by atoms with Crippen LogP contribution in [0.1, 0.15) is 5.56 Å². The van der Waals surface area contributed by atoms with Crippen LogP contribution < -0.4 is 16.0 Å². The molecule has 1 aliphatic heterocycles. The number of nitrogens with two attached hydrogens (primary N) is 1. The monoisotopic (exact) mass is 242 g/mol. The Morgan fingerprint density at radius 1 is 1.28 bits per heavy atom. The highest BCUT2D eigenvalue weighted by Gasteiger charge is 2.13. The van der Waals surface area contributed by atoms with Gasteiger partial charge in [-0.25, -0.2) is 4.98 Å². The number of pyridine rings is 1. The SMILES string of the molecule is Cc1cc(N2CCNCC2)nc2c(N)cccc12. The Balaban J connectivity index is 2.11. The normalized spacial score (nSPS) is 16.2. The quantitative estimate of drug-likeness (QED) is 0.745. The smallest absolute Gasteiger partial charge is 0.129 e. The van der Waals surface area contributed by atoms with E-state index in [9.17, 15) is 0 Å². The molecule has 0 bridgehead atoms. The molecule has 1 aromatic carbocycles. The van der Waals surface area contributed by atoms with Crippen molar-refractivity contribution >= 4 is 22.4 Å². The number of benzene rings is 1. The molecule has 3 N–H and O–H groups in total. The van der Waals surface area contributed by atoms with Gasteiger partial charge in [0, 0.05) is 31.6 Å². The predicted octanol–water partition coefficient (Wildman–Crippen LogP) is 1.54. The number of aryl methyl sites for hydroxylation is 1. The third-order valence-corrected chi connectivity index (χ3v) is 3.51. The molecule has 18 heavy (non-hydrogen) atoms. The standard InChI is InChI=1S/C14H18N4/c1-10-9-13(18-7-5-16-6-8-18)17-14-11(10)3-2-4-12(14)15/h2-4,9,16H,5-8,15H2,1H3. The first-order valence-electron chi connectivity index (χ1n) is 6.37. The molecule has 2 heterocycles. The molecule has 2 aromatic rings. The van der Waals surface area contributed by atoms with Gasteiger partial charge in [0.05, 0.1) is 11.2 Å². The minimum absolute atomic E-state index is 0.757. The Morgan fingerprint density at radius 2 is 2.06 bits per heavy atom.